The van der Waals surface area contributed by atoms with Crippen LogP contribution in [0, 0.1) is 11.8 Å². The first-order valence-electron chi connectivity index (χ1n) is 5.45. The largest absolute Gasteiger partial charge is 0.316 e. The average molecular weight is 181 g/mol. The Morgan fingerprint density at radius 1 is 1.54 bits per heavy atom. The van der Waals surface area contributed by atoms with Crippen molar-refractivity contribution in [3.8, 4) is 0 Å². The molecule has 1 nitrogen and oxygen atoms in total. The molecule has 0 bridgehead atoms. The lowest BCUT2D eigenvalue weighted by Gasteiger charge is -2.23. The van der Waals surface area contributed by atoms with Crippen LogP contribution >= 0.6 is 0 Å². The van der Waals surface area contributed by atoms with Crippen molar-refractivity contribution in [3.63, 3.8) is 0 Å². The van der Waals surface area contributed by atoms with Crippen LogP contribution in [-0.4, -0.2) is 13.1 Å². The Bertz CT molecular complexity index is 174. The predicted molar refractivity (Wildman–Crippen MR) is 58.8 cm³/mol. The van der Waals surface area contributed by atoms with Gasteiger partial charge in [0.2, 0.25) is 0 Å². The molecule has 0 heterocycles. The van der Waals surface area contributed by atoms with Crippen molar-refractivity contribution in [2.75, 3.05) is 7.05 Å². The fraction of sp³-hybridized carbons (Fsp3) is 0.833. The molecule has 0 spiro atoms. The fourth-order valence-electron chi connectivity index (χ4n) is 2.50. The number of rotatable bonds is 4. The summed E-state index contributed by atoms with van der Waals surface area (Å²) >= 11 is 0. The van der Waals surface area contributed by atoms with Crippen molar-refractivity contribution in [2.45, 2.75) is 45.6 Å². The van der Waals surface area contributed by atoms with Gasteiger partial charge in [-0.15, -0.1) is 6.58 Å². The molecule has 0 aromatic heterocycles. The van der Waals surface area contributed by atoms with Crippen LogP contribution in [0.1, 0.15) is 39.5 Å². The molecule has 0 amide bonds. The molecular weight excluding hydrogens is 158 g/mol. The molecule has 1 rings (SSSR count). The molecule has 0 saturated heterocycles. The van der Waals surface area contributed by atoms with Crippen LogP contribution in [0.3, 0.4) is 0 Å². The quantitative estimate of drug-likeness (QED) is 0.657. The zero-order valence-electron chi connectivity index (χ0n) is 9.27. The number of nitrogens with one attached hydrogen (secondary N) is 1. The van der Waals surface area contributed by atoms with Crippen molar-refractivity contribution < 1.29 is 0 Å². The van der Waals surface area contributed by atoms with E-state index < -0.39 is 0 Å². The van der Waals surface area contributed by atoms with Gasteiger partial charge in [-0.05, 0) is 45.1 Å². The third-order valence-electron chi connectivity index (χ3n) is 3.24. The molecule has 1 aliphatic rings. The maximum absolute atomic E-state index is 3.99. The Balaban J connectivity index is 2.42. The van der Waals surface area contributed by atoms with Gasteiger partial charge in [0.25, 0.3) is 0 Å². The molecule has 1 aliphatic carbocycles. The van der Waals surface area contributed by atoms with Gasteiger partial charge in [0.1, 0.15) is 0 Å². The van der Waals surface area contributed by atoms with Gasteiger partial charge in [-0.3, -0.25) is 0 Å². The van der Waals surface area contributed by atoms with E-state index in [1.165, 1.54) is 24.8 Å². The summed E-state index contributed by atoms with van der Waals surface area (Å²) in [7, 11) is 2.08. The van der Waals surface area contributed by atoms with E-state index in [1.54, 1.807) is 0 Å². The van der Waals surface area contributed by atoms with Gasteiger partial charge in [-0.25, -0.2) is 0 Å². The Morgan fingerprint density at radius 2 is 2.23 bits per heavy atom. The second-order valence-corrected chi connectivity index (χ2v) is 4.73. The maximum atomic E-state index is 3.99. The van der Waals surface area contributed by atoms with Crippen LogP contribution < -0.4 is 5.32 Å². The van der Waals surface area contributed by atoms with Crippen molar-refractivity contribution in [2.24, 2.45) is 11.8 Å². The molecule has 0 aliphatic heterocycles. The van der Waals surface area contributed by atoms with E-state index in [2.05, 4.69) is 32.8 Å². The van der Waals surface area contributed by atoms with Crippen molar-refractivity contribution in [3.05, 3.63) is 12.2 Å². The summed E-state index contributed by atoms with van der Waals surface area (Å²) in [6, 6.07) is 0.669. The van der Waals surface area contributed by atoms with Crippen LogP contribution in [0.2, 0.25) is 0 Å². The van der Waals surface area contributed by atoms with Crippen LogP contribution in [-0.2, 0) is 0 Å². The summed E-state index contributed by atoms with van der Waals surface area (Å²) in [6.07, 6.45) is 5.37. The summed E-state index contributed by atoms with van der Waals surface area (Å²) in [5.41, 5.74) is 1.30. The molecule has 1 heteroatoms. The minimum absolute atomic E-state index is 0.669. The van der Waals surface area contributed by atoms with Crippen molar-refractivity contribution >= 4 is 0 Å². The summed E-state index contributed by atoms with van der Waals surface area (Å²) in [5.74, 6) is 1.82. The van der Waals surface area contributed by atoms with Crippen LogP contribution in [0.15, 0.2) is 12.2 Å². The first kappa shape index (κ1) is 10.8. The van der Waals surface area contributed by atoms with Gasteiger partial charge in [0, 0.05) is 6.04 Å². The van der Waals surface area contributed by atoms with Gasteiger partial charge in [0.15, 0.2) is 0 Å². The molecule has 0 aromatic carbocycles. The molecule has 1 saturated carbocycles. The van der Waals surface area contributed by atoms with Crippen LogP contribution in [0.5, 0.6) is 0 Å². The second kappa shape index (κ2) is 4.80. The Labute approximate surface area is 82.6 Å². The monoisotopic (exact) mass is 181 g/mol. The maximum Gasteiger partial charge on any atom is 0.0129 e. The predicted octanol–water partition coefficient (Wildman–Crippen LogP) is 2.98. The third-order valence-corrected chi connectivity index (χ3v) is 3.24. The fourth-order valence-corrected chi connectivity index (χ4v) is 2.50. The Morgan fingerprint density at radius 3 is 2.62 bits per heavy atom. The van der Waals surface area contributed by atoms with Crippen molar-refractivity contribution in [1.29, 1.82) is 0 Å². The zero-order chi connectivity index (χ0) is 9.84. The third kappa shape index (κ3) is 3.15. The van der Waals surface area contributed by atoms with E-state index in [-0.39, 0.29) is 0 Å². The Kier molecular flexibility index (Phi) is 3.98. The highest BCUT2D eigenvalue weighted by atomic mass is 14.9. The van der Waals surface area contributed by atoms with Crippen LogP contribution in [0.4, 0.5) is 0 Å². The first-order chi connectivity index (χ1) is 6.13. The van der Waals surface area contributed by atoms with Gasteiger partial charge in [-0.2, -0.15) is 0 Å². The first-order valence-corrected chi connectivity index (χ1v) is 5.45. The molecule has 3 unspecified atom stereocenters. The summed E-state index contributed by atoms with van der Waals surface area (Å²) < 4.78 is 0. The van der Waals surface area contributed by atoms with E-state index in [4.69, 9.17) is 0 Å². The van der Waals surface area contributed by atoms with Gasteiger partial charge >= 0.3 is 0 Å². The average Bonchev–Trinajstić information content (AvgIpc) is 2.47. The topological polar surface area (TPSA) is 12.0 Å². The summed E-state index contributed by atoms with van der Waals surface area (Å²) in [5, 5.41) is 3.44. The normalized spacial score (nSPS) is 30.4. The molecule has 1 fully saturated rings. The van der Waals surface area contributed by atoms with E-state index in [9.17, 15) is 0 Å². The summed E-state index contributed by atoms with van der Waals surface area (Å²) in [4.78, 5) is 0. The van der Waals surface area contributed by atoms with Gasteiger partial charge < -0.3 is 5.32 Å². The van der Waals surface area contributed by atoms with E-state index in [0.29, 0.717) is 6.04 Å². The smallest absolute Gasteiger partial charge is 0.0129 e. The Hall–Kier alpha value is -0.300. The lowest BCUT2D eigenvalue weighted by Crippen LogP contribution is -2.32. The number of hydrogen-bond acceptors (Lipinski definition) is 1. The molecular formula is C12H23N. The highest BCUT2D eigenvalue weighted by Crippen LogP contribution is 2.34. The van der Waals surface area contributed by atoms with E-state index >= 15 is 0 Å². The highest BCUT2D eigenvalue weighted by molar-refractivity contribution is 4.96. The van der Waals surface area contributed by atoms with E-state index in [1.807, 2.05) is 0 Å². The van der Waals surface area contributed by atoms with Gasteiger partial charge in [-0.1, -0.05) is 18.9 Å². The lowest BCUT2D eigenvalue weighted by molar-refractivity contribution is 0.367. The lowest BCUT2D eigenvalue weighted by atomic mass is 9.92. The molecule has 76 valence electrons. The zero-order valence-corrected chi connectivity index (χ0v) is 9.27. The molecule has 0 radical (unpaired) electrons. The minimum atomic E-state index is 0.669. The van der Waals surface area contributed by atoms with E-state index in [0.717, 1.165) is 18.3 Å². The standard InChI is InChI=1S/C12H23N/c1-9(2)7-12(13-4)11-6-5-10(3)8-11/h10-13H,1,5-8H2,2-4H3. The van der Waals surface area contributed by atoms with Crippen LogP contribution in [0.25, 0.3) is 0 Å². The molecule has 13 heavy (non-hydrogen) atoms. The highest BCUT2D eigenvalue weighted by Gasteiger charge is 2.27. The molecule has 1 N–H and O–H groups in total. The van der Waals surface area contributed by atoms with Gasteiger partial charge in [0.05, 0.1) is 0 Å². The SMILES string of the molecule is C=C(C)CC(NC)C1CCC(C)C1. The second-order valence-electron chi connectivity index (χ2n) is 4.73. The van der Waals surface area contributed by atoms with Crippen molar-refractivity contribution in [1.82, 2.24) is 5.32 Å². The minimum Gasteiger partial charge on any atom is -0.316 e. The molecule has 3 atom stereocenters. The summed E-state index contributed by atoms with van der Waals surface area (Å²) in [6.45, 7) is 8.49. The molecule has 0 aromatic rings. The number of hydrogen-bond donors (Lipinski definition) is 1.